The summed E-state index contributed by atoms with van der Waals surface area (Å²) in [6.07, 6.45) is 3.54. The molecule has 0 radical (unpaired) electrons. The highest BCUT2D eigenvalue weighted by molar-refractivity contribution is 6.31. The lowest BCUT2D eigenvalue weighted by Crippen LogP contribution is -2.26. The molecule has 4 rings (SSSR count). The molecule has 5 heteroatoms. The number of urea groups is 1. The van der Waals surface area contributed by atoms with Gasteiger partial charge in [0.05, 0.1) is 5.71 Å². The Balaban J connectivity index is 1.66. The van der Waals surface area contributed by atoms with E-state index in [2.05, 4.69) is 46.9 Å². The summed E-state index contributed by atoms with van der Waals surface area (Å²) in [6, 6.07) is 26.0. The molecule has 150 valence electrons. The van der Waals surface area contributed by atoms with Gasteiger partial charge in [-0.05, 0) is 58.7 Å². The first-order chi connectivity index (χ1) is 14.6. The molecule has 0 saturated heterocycles. The van der Waals surface area contributed by atoms with E-state index in [1.165, 1.54) is 11.1 Å². The lowest BCUT2D eigenvalue weighted by Gasteiger charge is -2.25. The molecular formula is C25H22ClN3O. The van der Waals surface area contributed by atoms with Gasteiger partial charge in [-0.3, -0.25) is 0 Å². The second kappa shape index (κ2) is 8.97. The van der Waals surface area contributed by atoms with Crippen molar-refractivity contribution in [2.45, 2.75) is 18.8 Å². The number of halogens is 1. The predicted molar refractivity (Wildman–Crippen MR) is 123 cm³/mol. The number of nitrogens with zero attached hydrogens (tertiary/aromatic N) is 1. The molecule has 0 fully saturated rings. The van der Waals surface area contributed by atoms with Crippen molar-refractivity contribution in [1.82, 2.24) is 5.43 Å². The van der Waals surface area contributed by atoms with Crippen LogP contribution in [0.2, 0.25) is 5.02 Å². The molecule has 1 aliphatic rings. The first-order valence-electron chi connectivity index (χ1n) is 9.83. The number of allylic oxidation sites excluding steroid dienone is 2. The smallest absolute Gasteiger partial charge is 0.332 e. The molecule has 0 aromatic heterocycles. The zero-order valence-corrected chi connectivity index (χ0v) is 17.1. The number of benzene rings is 3. The van der Waals surface area contributed by atoms with Gasteiger partial charge >= 0.3 is 6.03 Å². The topological polar surface area (TPSA) is 67.5 Å². The Morgan fingerprint density at radius 1 is 0.867 bits per heavy atom. The highest BCUT2D eigenvalue weighted by atomic mass is 35.5. The summed E-state index contributed by atoms with van der Waals surface area (Å²) in [5.41, 5.74) is 14.0. The Kier molecular flexibility index (Phi) is 5.96. The number of hydrazone groups is 1. The molecule has 1 unspecified atom stereocenters. The van der Waals surface area contributed by atoms with E-state index in [9.17, 15) is 4.79 Å². The van der Waals surface area contributed by atoms with Crippen molar-refractivity contribution in [3.63, 3.8) is 0 Å². The van der Waals surface area contributed by atoms with Crippen molar-refractivity contribution >= 4 is 28.9 Å². The van der Waals surface area contributed by atoms with Crippen molar-refractivity contribution in [3.05, 3.63) is 101 Å². The number of rotatable bonds is 4. The van der Waals surface area contributed by atoms with E-state index in [4.69, 9.17) is 17.3 Å². The van der Waals surface area contributed by atoms with Crippen LogP contribution in [0, 0.1) is 0 Å². The van der Waals surface area contributed by atoms with E-state index in [-0.39, 0.29) is 5.92 Å². The van der Waals surface area contributed by atoms with Gasteiger partial charge in [0, 0.05) is 5.02 Å². The molecule has 0 aliphatic heterocycles. The number of carbonyl (C=O) groups is 1. The van der Waals surface area contributed by atoms with Gasteiger partial charge in [0.25, 0.3) is 0 Å². The largest absolute Gasteiger partial charge is 0.350 e. The first kappa shape index (κ1) is 19.9. The Labute approximate surface area is 181 Å². The molecule has 0 heterocycles. The Hall–Kier alpha value is -3.37. The Morgan fingerprint density at radius 3 is 2.20 bits per heavy atom. The van der Waals surface area contributed by atoms with E-state index in [1.54, 1.807) is 0 Å². The second-order valence-corrected chi connectivity index (χ2v) is 7.73. The zero-order valence-electron chi connectivity index (χ0n) is 16.4. The summed E-state index contributed by atoms with van der Waals surface area (Å²) >= 11 is 6.47. The van der Waals surface area contributed by atoms with Gasteiger partial charge in [-0.15, -0.1) is 0 Å². The summed E-state index contributed by atoms with van der Waals surface area (Å²) in [5, 5.41) is 4.94. The van der Waals surface area contributed by atoms with E-state index in [0.29, 0.717) is 6.42 Å². The van der Waals surface area contributed by atoms with Gasteiger partial charge in [-0.25, -0.2) is 10.2 Å². The molecule has 0 spiro atoms. The van der Waals surface area contributed by atoms with Crippen LogP contribution in [0.3, 0.4) is 0 Å². The second-order valence-electron chi connectivity index (χ2n) is 7.32. The number of carbonyl (C=O) groups excluding carboxylic acids is 1. The third-order valence-corrected chi connectivity index (χ3v) is 5.62. The van der Waals surface area contributed by atoms with Crippen LogP contribution in [0.15, 0.2) is 90.0 Å². The maximum atomic E-state index is 11.1. The molecular weight excluding hydrogens is 394 g/mol. The SMILES string of the molecule is NC(=O)N/N=C1/C=C(c2ccc(-c3ccccc3)cc2)CC(c2ccccc2Cl)C1. The molecule has 1 atom stereocenters. The summed E-state index contributed by atoms with van der Waals surface area (Å²) in [6.45, 7) is 0. The summed E-state index contributed by atoms with van der Waals surface area (Å²) in [4.78, 5) is 11.1. The minimum atomic E-state index is -0.676. The number of amides is 2. The fourth-order valence-electron chi connectivity index (χ4n) is 3.85. The lowest BCUT2D eigenvalue weighted by molar-refractivity contribution is 0.249. The highest BCUT2D eigenvalue weighted by Gasteiger charge is 2.24. The quantitative estimate of drug-likeness (QED) is 0.504. The Morgan fingerprint density at radius 2 is 1.50 bits per heavy atom. The van der Waals surface area contributed by atoms with Gasteiger partial charge in [0.15, 0.2) is 0 Å². The lowest BCUT2D eigenvalue weighted by atomic mass is 9.80. The fourth-order valence-corrected chi connectivity index (χ4v) is 4.14. The molecule has 3 N–H and O–H groups in total. The van der Waals surface area contributed by atoms with Crippen molar-refractivity contribution in [2.75, 3.05) is 0 Å². The molecule has 3 aromatic carbocycles. The van der Waals surface area contributed by atoms with Gasteiger partial charge in [-0.2, -0.15) is 5.10 Å². The molecule has 1 aliphatic carbocycles. The summed E-state index contributed by atoms with van der Waals surface area (Å²) in [7, 11) is 0. The zero-order chi connectivity index (χ0) is 20.9. The van der Waals surface area contributed by atoms with Crippen LogP contribution in [0.5, 0.6) is 0 Å². The van der Waals surface area contributed by atoms with Gasteiger partial charge < -0.3 is 5.73 Å². The number of nitrogens with two attached hydrogens (primary N) is 1. The summed E-state index contributed by atoms with van der Waals surface area (Å²) in [5.74, 6) is 0.168. The maximum Gasteiger partial charge on any atom is 0.332 e. The summed E-state index contributed by atoms with van der Waals surface area (Å²) < 4.78 is 0. The monoisotopic (exact) mass is 415 g/mol. The Bertz CT molecular complexity index is 1100. The van der Waals surface area contributed by atoms with E-state index in [0.717, 1.165) is 33.9 Å². The standard InChI is InChI=1S/C25H22ClN3O/c26-24-9-5-4-8-23(24)21-14-20(15-22(16-21)28-29-25(27)30)19-12-10-18(11-13-19)17-6-2-1-3-7-17/h1-13,15,21H,14,16H2,(H3,27,29,30)/b28-22-. The molecule has 0 bridgehead atoms. The maximum absolute atomic E-state index is 11.1. The van der Waals surface area contributed by atoms with Crippen LogP contribution in [-0.2, 0) is 0 Å². The third kappa shape index (κ3) is 4.61. The first-order valence-corrected chi connectivity index (χ1v) is 10.2. The molecule has 3 aromatic rings. The van der Waals surface area contributed by atoms with Gasteiger partial charge in [0.1, 0.15) is 0 Å². The van der Waals surface area contributed by atoms with Crippen molar-refractivity contribution < 1.29 is 4.79 Å². The van der Waals surface area contributed by atoms with E-state index < -0.39 is 6.03 Å². The van der Waals surface area contributed by atoms with Crippen LogP contribution in [0.1, 0.15) is 29.9 Å². The molecule has 30 heavy (non-hydrogen) atoms. The average molecular weight is 416 g/mol. The fraction of sp³-hybridized carbons (Fsp3) is 0.120. The van der Waals surface area contributed by atoms with Crippen molar-refractivity contribution in [3.8, 4) is 11.1 Å². The van der Waals surface area contributed by atoms with Crippen LogP contribution >= 0.6 is 11.6 Å². The minimum absolute atomic E-state index is 0.168. The average Bonchev–Trinajstić information content (AvgIpc) is 2.78. The van der Waals surface area contributed by atoms with Crippen LogP contribution in [0.4, 0.5) is 4.79 Å². The number of hydrogen-bond acceptors (Lipinski definition) is 2. The normalized spacial score (nSPS) is 17.4. The minimum Gasteiger partial charge on any atom is -0.350 e. The van der Waals surface area contributed by atoms with Crippen LogP contribution in [0.25, 0.3) is 16.7 Å². The highest BCUT2D eigenvalue weighted by Crippen LogP contribution is 2.39. The van der Waals surface area contributed by atoms with Crippen molar-refractivity contribution in [2.24, 2.45) is 10.8 Å². The van der Waals surface area contributed by atoms with Gasteiger partial charge in [0.2, 0.25) is 0 Å². The van der Waals surface area contributed by atoms with Crippen molar-refractivity contribution in [1.29, 1.82) is 0 Å². The molecule has 4 nitrogen and oxygen atoms in total. The van der Waals surface area contributed by atoms with E-state index >= 15 is 0 Å². The van der Waals surface area contributed by atoms with E-state index in [1.807, 2.05) is 48.5 Å². The van der Waals surface area contributed by atoms with Crippen LogP contribution < -0.4 is 11.2 Å². The number of hydrogen-bond donors (Lipinski definition) is 2. The third-order valence-electron chi connectivity index (χ3n) is 5.28. The molecule has 2 amide bonds. The van der Waals surface area contributed by atoms with Gasteiger partial charge in [-0.1, -0.05) is 84.4 Å². The predicted octanol–water partition coefficient (Wildman–Crippen LogP) is 5.99. The number of nitrogens with one attached hydrogen (secondary N) is 1. The molecule has 0 saturated carbocycles. The van der Waals surface area contributed by atoms with Crippen LogP contribution in [-0.4, -0.2) is 11.7 Å². The number of primary amides is 1.